The van der Waals surface area contributed by atoms with Gasteiger partial charge in [-0.15, -0.1) is 0 Å². The first-order valence-corrected chi connectivity index (χ1v) is 13.6. The second kappa shape index (κ2) is 13.0. The Hall–Kier alpha value is -2.86. The smallest absolute Gasteiger partial charge is 0.416 e. The van der Waals surface area contributed by atoms with Crippen molar-refractivity contribution in [3.63, 3.8) is 0 Å². The van der Waals surface area contributed by atoms with Gasteiger partial charge in [-0.05, 0) is 37.0 Å². The van der Waals surface area contributed by atoms with Gasteiger partial charge in [0.1, 0.15) is 19.0 Å². The fourth-order valence-corrected chi connectivity index (χ4v) is 5.64. The number of nitrogens with zero attached hydrogens (tertiary/aromatic N) is 3. The minimum Gasteiger partial charge on any atom is -0.491 e. The summed E-state index contributed by atoms with van der Waals surface area (Å²) >= 11 is 0. The largest absolute Gasteiger partial charge is 0.491 e. The summed E-state index contributed by atoms with van der Waals surface area (Å²) in [6, 6.07) is 2.26. The molecule has 3 aliphatic rings. The van der Waals surface area contributed by atoms with Crippen molar-refractivity contribution in [3.05, 3.63) is 29.3 Å². The molecule has 1 aliphatic carbocycles. The van der Waals surface area contributed by atoms with Gasteiger partial charge in [0.25, 0.3) is 5.91 Å². The van der Waals surface area contributed by atoms with Crippen molar-refractivity contribution in [2.45, 2.75) is 44.3 Å². The van der Waals surface area contributed by atoms with Crippen molar-refractivity contribution in [2.75, 3.05) is 66.1 Å². The maximum Gasteiger partial charge on any atom is 0.416 e. The van der Waals surface area contributed by atoms with E-state index in [4.69, 9.17) is 9.47 Å². The summed E-state index contributed by atoms with van der Waals surface area (Å²) in [6.45, 7) is 2.09. The van der Waals surface area contributed by atoms with E-state index >= 15 is 0 Å². The van der Waals surface area contributed by atoms with Gasteiger partial charge in [0.2, 0.25) is 11.8 Å². The van der Waals surface area contributed by atoms with Crippen molar-refractivity contribution in [1.82, 2.24) is 20.0 Å². The number of halogens is 3. The maximum atomic E-state index is 13.6. The number of alkyl halides is 3. The van der Waals surface area contributed by atoms with Gasteiger partial charge in [0.05, 0.1) is 23.7 Å². The molecule has 2 heterocycles. The lowest BCUT2D eigenvalue weighted by Gasteiger charge is -2.42. The van der Waals surface area contributed by atoms with Gasteiger partial charge in [-0.1, -0.05) is 19.3 Å². The van der Waals surface area contributed by atoms with E-state index in [0.29, 0.717) is 32.1 Å². The molecule has 0 aromatic heterocycles. The molecule has 1 aromatic rings. The van der Waals surface area contributed by atoms with Crippen LogP contribution >= 0.6 is 0 Å². The third-order valence-corrected chi connectivity index (χ3v) is 7.72. The summed E-state index contributed by atoms with van der Waals surface area (Å²) in [5.74, 6) is -0.545. The number of amides is 3. The van der Waals surface area contributed by atoms with Crippen LogP contribution in [0.25, 0.3) is 0 Å². The molecular formula is C27H37F3N4O5. The van der Waals surface area contributed by atoms with Crippen molar-refractivity contribution in [2.24, 2.45) is 5.92 Å². The Morgan fingerprint density at radius 2 is 1.90 bits per heavy atom. The standard InChI is InChI=1S/C27H37F3N4O5/c1-38-18-25(36)33-11-12-34-21(15-33)17-39-23-8-7-20(27(28,29)30)13-22(23)26(37)31-9-10-32(16-24(34)35)14-19-5-3-2-4-6-19/h7-8,13,19,21H,2-6,9-12,14-18H2,1H3,(H,31,37)/t21-/m0/s1. The van der Waals surface area contributed by atoms with Crippen LogP contribution in [-0.4, -0.2) is 105 Å². The molecule has 0 unspecified atom stereocenters. The summed E-state index contributed by atoms with van der Waals surface area (Å²) in [7, 11) is 1.43. The molecule has 3 amide bonds. The molecule has 12 heteroatoms. The van der Waals surface area contributed by atoms with Crippen LogP contribution in [0.15, 0.2) is 18.2 Å². The Bertz CT molecular complexity index is 1030. The molecular weight excluding hydrogens is 517 g/mol. The summed E-state index contributed by atoms with van der Waals surface area (Å²) in [4.78, 5) is 44.4. The predicted molar refractivity (Wildman–Crippen MR) is 136 cm³/mol. The van der Waals surface area contributed by atoms with E-state index in [-0.39, 0.29) is 56.0 Å². The third-order valence-electron chi connectivity index (χ3n) is 7.72. The van der Waals surface area contributed by atoms with Crippen LogP contribution in [-0.2, 0) is 20.5 Å². The van der Waals surface area contributed by atoms with E-state index in [1.54, 1.807) is 9.80 Å². The van der Waals surface area contributed by atoms with Gasteiger partial charge in [-0.2, -0.15) is 13.2 Å². The number of hydrogen-bond acceptors (Lipinski definition) is 6. The topological polar surface area (TPSA) is 91.4 Å². The molecule has 0 radical (unpaired) electrons. The number of rotatable bonds is 4. The lowest BCUT2D eigenvalue weighted by atomic mass is 9.89. The third kappa shape index (κ3) is 7.63. The fourth-order valence-electron chi connectivity index (χ4n) is 5.64. The van der Waals surface area contributed by atoms with Crippen LogP contribution in [0.3, 0.4) is 0 Å². The van der Waals surface area contributed by atoms with E-state index < -0.39 is 23.7 Å². The normalized spacial score (nSPS) is 22.5. The Morgan fingerprint density at radius 3 is 2.62 bits per heavy atom. The van der Waals surface area contributed by atoms with Gasteiger partial charge in [-0.3, -0.25) is 19.3 Å². The molecule has 1 saturated carbocycles. The number of fused-ring (bicyclic) bond motifs is 2. The van der Waals surface area contributed by atoms with E-state index in [2.05, 4.69) is 5.32 Å². The molecule has 0 spiro atoms. The average molecular weight is 555 g/mol. The number of benzene rings is 1. The van der Waals surface area contributed by atoms with Crippen LogP contribution in [0.5, 0.6) is 5.75 Å². The van der Waals surface area contributed by atoms with Gasteiger partial charge in [0.15, 0.2) is 0 Å². The highest BCUT2D eigenvalue weighted by molar-refractivity contribution is 5.97. The number of piperazine rings is 1. The van der Waals surface area contributed by atoms with Crippen LogP contribution in [0.2, 0.25) is 0 Å². The highest BCUT2D eigenvalue weighted by Gasteiger charge is 2.35. The second-order valence-electron chi connectivity index (χ2n) is 10.5. The number of carbonyl (C=O) groups is 3. The Kier molecular flexibility index (Phi) is 9.71. The van der Waals surface area contributed by atoms with Crippen LogP contribution in [0.1, 0.15) is 48.0 Å². The summed E-state index contributed by atoms with van der Waals surface area (Å²) in [5, 5.41) is 2.72. The second-order valence-corrected chi connectivity index (χ2v) is 10.5. The number of carbonyl (C=O) groups excluding carboxylic acids is 3. The van der Waals surface area contributed by atoms with Crippen molar-refractivity contribution >= 4 is 17.7 Å². The summed E-state index contributed by atoms with van der Waals surface area (Å²) in [5.41, 5.74) is -1.17. The first kappa shape index (κ1) is 29.1. The zero-order chi connectivity index (χ0) is 28.0. The highest BCUT2D eigenvalue weighted by atomic mass is 19.4. The first-order valence-electron chi connectivity index (χ1n) is 13.6. The number of ether oxygens (including phenoxy) is 2. The average Bonchev–Trinajstić information content (AvgIpc) is 2.92. The van der Waals surface area contributed by atoms with E-state index in [0.717, 1.165) is 43.9 Å². The molecule has 1 N–H and O–H groups in total. The Labute approximate surface area is 226 Å². The molecule has 0 bridgehead atoms. The highest BCUT2D eigenvalue weighted by Crippen LogP contribution is 2.33. The van der Waals surface area contributed by atoms with Crippen LogP contribution < -0.4 is 10.1 Å². The van der Waals surface area contributed by atoms with Crippen molar-refractivity contribution < 1.29 is 37.0 Å². The molecule has 1 atom stereocenters. The van der Waals surface area contributed by atoms with Gasteiger partial charge < -0.3 is 24.6 Å². The van der Waals surface area contributed by atoms with E-state index in [1.165, 1.54) is 13.5 Å². The molecule has 216 valence electrons. The number of nitrogens with one attached hydrogen (secondary N) is 1. The van der Waals surface area contributed by atoms with Crippen molar-refractivity contribution in [3.8, 4) is 5.75 Å². The van der Waals surface area contributed by atoms with E-state index in [1.807, 2.05) is 4.90 Å². The monoisotopic (exact) mass is 554 g/mol. The molecule has 39 heavy (non-hydrogen) atoms. The number of methoxy groups -OCH3 is 1. The molecule has 4 rings (SSSR count). The Morgan fingerprint density at radius 1 is 1.13 bits per heavy atom. The van der Waals surface area contributed by atoms with Crippen LogP contribution in [0, 0.1) is 5.92 Å². The minimum atomic E-state index is -4.62. The maximum absolute atomic E-state index is 13.6. The predicted octanol–water partition coefficient (Wildman–Crippen LogP) is 2.40. The van der Waals surface area contributed by atoms with Crippen molar-refractivity contribution in [1.29, 1.82) is 0 Å². The SMILES string of the molecule is COCC(=O)N1CCN2C(=O)CN(CC3CCCCC3)CCNC(=O)c3cc(C(F)(F)F)ccc3OC[C@@H]2C1. The van der Waals surface area contributed by atoms with Gasteiger partial charge in [0, 0.05) is 46.4 Å². The zero-order valence-electron chi connectivity index (χ0n) is 22.3. The fraction of sp³-hybridized carbons (Fsp3) is 0.667. The number of hydrogen-bond donors (Lipinski definition) is 1. The first-order chi connectivity index (χ1) is 18.7. The molecule has 2 fully saturated rings. The lowest BCUT2D eigenvalue weighted by molar-refractivity contribution is -0.146. The molecule has 9 nitrogen and oxygen atoms in total. The van der Waals surface area contributed by atoms with Gasteiger partial charge >= 0.3 is 6.18 Å². The van der Waals surface area contributed by atoms with Crippen LogP contribution in [0.4, 0.5) is 13.2 Å². The Balaban J connectivity index is 1.61. The molecule has 2 aliphatic heterocycles. The lowest BCUT2D eigenvalue weighted by Crippen LogP contribution is -2.60. The quantitative estimate of drug-likeness (QED) is 0.615. The minimum absolute atomic E-state index is 0.00782. The zero-order valence-corrected chi connectivity index (χ0v) is 22.3. The molecule has 1 aromatic carbocycles. The summed E-state index contributed by atoms with van der Waals surface area (Å²) < 4.78 is 51.2. The van der Waals surface area contributed by atoms with Gasteiger partial charge in [-0.25, -0.2) is 0 Å². The molecule has 1 saturated heterocycles. The van der Waals surface area contributed by atoms with E-state index in [9.17, 15) is 27.6 Å². The summed E-state index contributed by atoms with van der Waals surface area (Å²) in [6.07, 6.45) is 1.06.